The summed E-state index contributed by atoms with van der Waals surface area (Å²) in [5.74, 6) is -1.81. The zero-order valence-electron chi connectivity index (χ0n) is 20.4. The zero-order chi connectivity index (χ0) is 24.1. The molecule has 0 saturated heterocycles. The van der Waals surface area contributed by atoms with Crippen molar-refractivity contribution in [3.63, 3.8) is 0 Å². The molecule has 0 spiro atoms. The van der Waals surface area contributed by atoms with Crippen molar-refractivity contribution in [1.29, 1.82) is 0 Å². The van der Waals surface area contributed by atoms with Gasteiger partial charge in [0, 0.05) is 5.57 Å². The number of hydrogen-bond donors (Lipinski definition) is 1. The second-order valence-corrected chi connectivity index (χ2v) is 7.55. The summed E-state index contributed by atoms with van der Waals surface area (Å²) in [4.78, 5) is 47.4. The zero-order valence-corrected chi connectivity index (χ0v) is 20.4. The summed E-state index contributed by atoms with van der Waals surface area (Å²) >= 11 is 0. The Morgan fingerprint density at radius 1 is 0.774 bits per heavy atom. The Labute approximate surface area is 188 Å². The van der Waals surface area contributed by atoms with Crippen LogP contribution in [-0.2, 0) is 29.0 Å². The molecule has 0 heterocycles. The number of carbonyl (C=O) groups is 3. The minimum atomic E-state index is -0.638. The Morgan fingerprint density at radius 3 is 1.52 bits per heavy atom. The predicted octanol–water partition coefficient (Wildman–Crippen LogP) is 6.56. The smallest absolute Gasteiger partial charge is 0.296 e. The average Bonchev–Trinajstić information content (AvgIpc) is 2.79. The normalized spacial score (nSPS) is 12.8. The standard InChI is InChI=1S/C16H30O4.C8H14O3/c1-5-9-11-13(7-3)15(17)19-20-16(18)14(8-4)12-10-6-2;1-3-5-6-7(4-2)8(9)11-10/h13-14H,5-12H2,1-4H3;6,10H,3-5H2,1-2H3. The van der Waals surface area contributed by atoms with Crippen LogP contribution in [0, 0.1) is 11.8 Å². The van der Waals surface area contributed by atoms with Crippen LogP contribution in [-0.4, -0.2) is 23.2 Å². The van der Waals surface area contributed by atoms with E-state index in [0.717, 1.165) is 51.4 Å². The second-order valence-electron chi connectivity index (χ2n) is 7.55. The van der Waals surface area contributed by atoms with E-state index in [1.54, 1.807) is 6.08 Å². The summed E-state index contributed by atoms with van der Waals surface area (Å²) in [7, 11) is 0. The van der Waals surface area contributed by atoms with Gasteiger partial charge in [0.05, 0.1) is 11.8 Å². The minimum Gasteiger partial charge on any atom is -0.296 e. The fourth-order valence-electron chi connectivity index (χ4n) is 2.85. The quantitative estimate of drug-likeness (QED) is 0.184. The van der Waals surface area contributed by atoms with Gasteiger partial charge in [0.15, 0.2) is 0 Å². The van der Waals surface area contributed by atoms with Crippen molar-refractivity contribution in [2.75, 3.05) is 0 Å². The van der Waals surface area contributed by atoms with E-state index < -0.39 is 17.9 Å². The predicted molar refractivity (Wildman–Crippen MR) is 121 cm³/mol. The molecule has 0 aliphatic heterocycles. The van der Waals surface area contributed by atoms with Gasteiger partial charge in [0.2, 0.25) is 0 Å². The maximum absolute atomic E-state index is 11.8. The number of hydrogen-bond acceptors (Lipinski definition) is 7. The van der Waals surface area contributed by atoms with Crippen LogP contribution in [0.5, 0.6) is 0 Å². The molecule has 0 amide bonds. The van der Waals surface area contributed by atoms with Crippen molar-refractivity contribution in [2.45, 2.75) is 112 Å². The molecule has 0 aromatic heterocycles. The van der Waals surface area contributed by atoms with Gasteiger partial charge in [-0.1, -0.05) is 79.7 Å². The molecule has 0 saturated carbocycles. The van der Waals surface area contributed by atoms with E-state index in [9.17, 15) is 14.4 Å². The summed E-state index contributed by atoms with van der Waals surface area (Å²) in [6.07, 6.45) is 11.3. The lowest BCUT2D eigenvalue weighted by atomic mass is 10.00. The first-order chi connectivity index (χ1) is 14.9. The van der Waals surface area contributed by atoms with Gasteiger partial charge in [-0.2, -0.15) is 5.26 Å². The van der Waals surface area contributed by atoms with E-state index in [2.05, 4.69) is 18.7 Å². The Hall–Kier alpha value is -1.89. The fourth-order valence-corrected chi connectivity index (χ4v) is 2.85. The van der Waals surface area contributed by atoms with Gasteiger partial charge in [0.25, 0.3) is 0 Å². The van der Waals surface area contributed by atoms with Crippen molar-refractivity contribution in [3.05, 3.63) is 11.6 Å². The van der Waals surface area contributed by atoms with Gasteiger partial charge in [0.1, 0.15) is 0 Å². The summed E-state index contributed by atoms with van der Waals surface area (Å²) in [5, 5.41) is 8.05. The second kappa shape index (κ2) is 21.3. The summed E-state index contributed by atoms with van der Waals surface area (Å²) < 4.78 is 0. The lowest BCUT2D eigenvalue weighted by Gasteiger charge is -2.14. The summed E-state index contributed by atoms with van der Waals surface area (Å²) in [6, 6.07) is 0. The molecule has 0 aliphatic carbocycles. The highest BCUT2D eigenvalue weighted by Gasteiger charge is 2.23. The first-order valence-corrected chi connectivity index (χ1v) is 11.8. The number of allylic oxidation sites excluding steroid dienone is 1. The Kier molecular flexibility index (Phi) is 21.6. The number of carbonyl (C=O) groups excluding carboxylic acids is 3. The lowest BCUT2D eigenvalue weighted by molar-refractivity contribution is -0.265. The SMILES string of the molecule is CCCC=C(CC)C(=O)OO.CCCCC(CC)C(=O)OOC(=O)C(CC)CCCC. The Morgan fingerprint density at radius 2 is 1.23 bits per heavy atom. The maximum atomic E-state index is 11.8. The lowest BCUT2D eigenvalue weighted by Crippen LogP contribution is -2.23. The largest absolute Gasteiger partial charge is 0.368 e. The van der Waals surface area contributed by atoms with Crippen molar-refractivity contribution in [2.24, 2.45) is 11.8 Å². The molecule has 2 unspecified atom stereocenters. The molecule has 1 N–H and O–H groups in total. The van der Waals surface area contributed by atoms with Crippen LogP contribution in [0.3, 0.4) is 0 Å². The third kappa shape index (κ3) is 15.5. The van der Waals surface area contributed by atoms with Crippen LogP contribution in [0.1, 0.15) is 112 Å². The molecule has 0 rings (SSSR count). The van der Waals surface area contributed by atoms with Crippen LogP contribution in [0.15, 0.2) is 11.6 Å². The molecule has 31 heavy (non-hydrogen) atoms. The molecule has 7 heteroatoms. The molecule has 0 bridgehead atoms. The highest BCUT2D eigenvalue weighted by Crippen LogP contribution is 2.17. The monoisotopic (exact) mass is 444 g/mol. The van der Waals surface area contributed by atoms with Gasteiger partial charge in [-0.15, -0.1) is 0 Å². The molecule has 2 atom stereocenters. The van der Waals surface area contributed by atoms with Crippen LogP contribution >= 0.6 is 0 Å². The van der Waals surface area contributed by atoms with Crippen LogP contribution in [0.2, 0.25) is 0 Å². The molecule has 182 valence electrons. The highest BCUT2D eigenvalue weighted by atomic mass is 17.2. The van der Waals surface area contributed by atoms with Gasteiger partial charge >= 0.3 is 17.9 Å². The molecule has 0 aromatic carbocycles. The van der Waals surface area contributed by atoms with Gasteiger partial charge in [-0.05, 0) is 38.5 Å². The molecule has 0 fully saturated rings. The molecular formula is C24H44O7. The van der Waals surface area contributed by atoms with Crippen molar-refractivity contribution >= 4 is 17.9 Å². The average molecular weight is 445 g/mol. The topological polar surface area (TPSA) is 99.1 Å². The van der Waals surface area contributed by atoms with Gasteiger partial charge < -0.3 is 0 Å². The van der Waals surface area contributed by atoms with E-state index in [1.165, 1.54) is 0 Å². The highest BCUT2D eigenvalue weighted by molar-refractivity contribution is 5.87. The van der Waals surface area contributed by atoms with Crippen LogP contribution < -0.4 is 0 Å². The molecule has 0 aromatic rings. The third-order valence-corrected chi connectivity index (χ3v) is 5.08. The molecular weight excluding hydrogens is 400 g/mol. The Balaban J connectivity index is 0. The van der Waals surface area contributed by atoms with E-state index in [4.69, 9.17) is 15.0 Å². The van der Waals surface area contributed by atoms with E-state index >= 15 is 0 Å². The van der Waals surface area contributed by atoms with Crippen LogP contribution in [0.25, 0.3) is 0 Å². The van der Waals surface area contributed by atoms with E-state index in [1.807, 2.05) is 27.7 Å². The van der Waals surface area contributed by atoms with Crippen molar-refractivity contribution < 1.29 is 34.3 Å². The summed E-state index contributed by atoms with van der Waals surface area (Å²) in [6.45, 7) is 11.9. The third-order valence-electron chi connectivity index (χ3n) is 5.08. The minimum absolute atomic E-state index is 0.168. The molecule has 0 radical (unpaired) electrons. The molecule has 7 nitrogen and oxygen atoms in total. The van der Waals surface area contributed by atoms with E-state index in [-0.39, 0.29) is 11.8 Å². The number of unbranched alkanes of at least 4 members (excludes halogenated alkanes) is 3. The Bertz CT molecular complexity index is 486. The summed E-state index contributed by atoms with van der Waals surface area (Å²) in [5.41, 5.74) is 0.536. The first kappa shape index (κ1) is 31.3. The van der Waals surface area contributed by atoms with Crippen LogP contribution in [0.4, 0.5) is 0 Å². The van der Waals surface area contributed by atoms with Gasteiger partial charge in [-0.25, -0.2) is 24.2 Å². The fraction of sp³-hybridized carbons (Fsp3) is 0.792. The van der Waals surface area contributed by atoms with Crippen molar-refractivity contribution in [1.82, 2.24) is 0 Å². The maximum Gasteiger partial charge on any atom is 0.368 e. The molecule has 0 aliphatic rings. The van der Waals surface area contributed by atoms with Crippen molar-refractivity contribution in [3.8, 4) is 0 Å². The first-order valence-electron chi connectivity index (χ1n) is 11.8. The van der Waals surface area contributed by atoms with E-state index in [0.29, 0.717) is 24.8 Å². The van der Waals surface area contributed by atoms with Gasteiger partial charge in [-0.3, -0.25) is 4.89 Å². The number of rotatable bonds is 14.